The topological polar surface area (TPSA) is 20.2 Å². The fourth-order valence-corrected chi connectivity index (χ4v) is 0.572. The minimum Gasteiger partial charge on any atom is -0.386 e. The van der Waals surface area contributed by atoms with Crippen molar-refractivity contribution in [3.05, 3.63) is 23.6 Å². The van der Waals surface area contributed by atoms with Crippen molar-refractivity contribution in [2.45, 2.75) is 39.7 Å². The van der Waals surface area contributed by atoms with E-state index in [1.165, 1.54) is 0 Å². The molecule has 0 saturated carbocycles. The van der Waals surface area contributed by atoms with Gasteiger partial charge in [0.1, 0.15) is 0 Å². The van der Waals surface area contributed by atoms with Crippen LogP contribution in [0.4, 0.5) is 0 Å². The Labute approximate surface area is 75.1 Å². The molecule has 0 aromatic heterocycles. The molecular formula is C11H18O. The first-order chi connectivity index (χ1) is 5.42. The molecule has 0 spiro atoms. The zero-order valence-electron chi connectivity index (χ0n) is 8.39. The summed E-state index contributed by atoms with van der Waals surface area (Å²) in [4.78, 5) is 0. The number of aliphatic hydroxyl groups is 1. The Morgan fingerprint density at radius 3 is 2.33 bits per heavy atom. The molecule has 0 unspecified atom stereocenters. The van der Waals surface area contributed by atoms with E-state index in [4.69, 9.17) is 0 Å². The number of hydrogen-bond acceptors (Lipinski definition) is 1. The van der Waals surface area contributed by atoms with Crippen LogP contribution in [0.5, 0.6) is 0 Å². The smallest absolute Gasteiger partial charge is 0.0851 e. The SMILES string of the molecule is CC(C)CC=C=C=CC(C)(C)O. The molecular weight excluding hydrogens is 148 g/mol. The lowest BCUT2D eigenvalue weighted by molar-refractivity contribution is 0.133. The second-order valence-corrected chi connectivity index (χ2v) is 3.92. The molecule has 0 heterocycles. The van der Waals surface area contributed by atoms with Gasteiger partial charge in [-0.15, -0.1) is 0 Å². The predicted molar refractivity (Wildman–Crippen MR) is 51.9 cm³/mol. The van der Waals surface area contributed by atoms with Crippen molar-refractivity contribution >= 4 is 0 Å². The molecule has 0 radical (unpaired) electrons. The highest BCUT2D eigenvalue weighted by molar-refractivity contribution is 4.96. The van der Waals surface area contributed by atoms with Gasteiger partial charge in [0.25, 0.3) is 0 Å². The van der Waals surface area contributed by atoms with Gasteiger partial charge in [-0.25, -0.2) is 0 Å². The standard InChI is InChI=1S/C11H18O/c1-10(2)8-6-5-7-9-11(3,4)12/h6,9-10,12H,8H2,1-4H3. The molecule has 0 atom stereocenters. The van der Waals surface area contributed by atoms with Crippen molar-refractivity contribution in [1.29, 1.82) is 0 Å². The van der Waals surface area contributed by atoms with E-state index in [2.05, 4.69) is 25.3 Å². The van der Waals surface area contributed by atoms with Gasteiger partial charge in [0.15, 0.2) is 0 Å². The van der Waals surface area contributed by atoms with Gasteiger partial charge in [0.2, 0.25) is 0 Å². The van der Waals surface area contributed by atoms with E-state index in [0.717, 1.165) is 6.42 Å². The van der Waals surface area contributed by atoms with E-state index in [-0.39, 0.29) is 0 Å². The molecule has 1 N–H and O–H groups in total. The Kier molecular flexibility index (Phi) is 4.70. The molecule has 0 rings (SSSR count). The van der Waals surface area contributed by atoms with Crippen LogP contribution < -0.4 is 0 Å². The zero-order valence-corrected chi connectivity index (χ0v) is 8.39. The van der Waals surface area contributed by atoms with E-state index in [9.17, 15) is 5.11 Å². The summed E-state index contributed by atoms with van der Waals surface area (Å²) >= 11 is 0. The maximum absolute atomic E-state index is 9.25. The second-order valence-electron chi connectivity index (χ2n) is 3.92. The van der Waals surface area contributed by atoms with Crippen LogP contribution in [0, 0.1) is 5.92 Å². The molecule has 68 valence electrons. The Morgan fingerprint density at radius 2 is 1.92 bits per heavy atom. The molecule has 0 bridgehead atoms. The van der Waals surface area contributed by atoms with E-state index < -0.39 is 5.60 Å². The molecule has 1 nitrogen and oxygen atoms in total. The van der Waals surface area contributed by atoms with E-state index in [1.54, 1.807) is 19.9 Å². The van der Waals surface area contributed by atoms with Gasteiger partial charge in [-0.2, -0.15) is 0 Å². The Balaban J connectivity index is 4.05. The molecule has 0 aliphatic rings. The largest absolute Gasteiger partial charge is 0.386 e. The van der Waals surface area contributed by atoms with Gasteiger partial charge in [-0.05, 0) is 38.3 Å². The third-order valence-corrected chi connectivity index (χ3v) is 1.20. The van der Waals surface area contributed by atoms with E-state index in [0.29, 0.717) is 5.92 Å². The van der Waals surface area contributed by atoms with Crippen LogP contribution >= 0.6 is 0 Å². The van der Waals surface area contributed by atoms with Crippen LogP contribution in [0.1, 0.15) is 34.1 Å². The molecule has 0 aromatic carbocycles. The predicted octanol–water partition coefficient (Wildman–Crippen LogP) is 2.67. The van der Waals surface area contributed by atoms with Crippen LogP contribution in [0.2, 0.25) is 0 Å². The van der Waals surface area contributed by atoms with Crippen LogP contribution in [0.3, 0.4) is 0 Å². The van der Waals surface area contributed by atoms with Gasteiger partial charge in [0, 0.05) is 0 Å². The molecule has 1 heteroatoms. The van der Waals surface area contributed by atoms with Crippen LogP contribution in [-0.4, -0.2) is 10.7 Å². The van der Waals surface area contributed by atoms with Crippen molar-refractivity contribution in [2.75, 3.05) is 0 Å². The lowest BCUT2D eigenvalue weighted by atomic mass is 10.1. The molecule has 0 aliphatic carbocycles. The zero-order chi connectivity index (χ0) is 9.61. The molecule has 0 aliphatic heterocycles. The summed E-state index contributed by atoms with van der Waals surface area (Å²) in [5.41, 5.74) is 4.90. The monoisotopic (exact) mass is 166 g/mol. The van der Waals surface area contributed by atoms with Crippen molar-refractivity contribution in [3.8, 4) is 0 Å². The van der Waals surface area contributed by atoms with Crippen LogP contribution in [0.15, 0.2) is 23.6 Å². The van der Waals surface area contributed by atoms with Gasteiger partial charge < -0.3 is 5.11 Å². The normalized spacial score (nSPS) is 10.5. The highest BCUT2D eigenvalue weighted by Gasteiger charge is 2.04. The van der Waals surface area contributed by atoms with Crippen molar-refractivity contribution in [1.82, 2.24) is 0 Å². The quantitative estimate of drug-likeness (QED) is 0.639. The average Bonchev–Trinajstić information content (AvgIpc) is 1.83. The molecule has 12 heavy (non-hydrogen) atoms. The lowest BCUT2D eigenvalue weighted by Crippen LogP contribution is -2.12. The van der Waals surface area contributed by atoms with Crippen molar-refractivity contribution in [3.63, 3.8) is 0 Å². The Bertz CT molecular complexity index is 206. The second kappa shape index (κ2) is 5.00. The molecule has 0 aromatic rings. The van der Waals surface area contributed by atoms with Gasteiger partial charge >= 0.3 is 0 Å². The fourth-order valence-electron chi connectivity index (χ4n) is 0.572. The highest BCUT2D eigenvalue weighted by Crippen LogP contribution is 2.01. The third-order valence-electron chi connectivity index (χ3n) is 1.20. The molecule has 0 fully saturated rings. The van der Waals surface area contributed by atoms with Gasteiger partial charge in [-0.1, -0.05) is 25.3 Å². The Morgan fingerprint density at radius 1 is 1.33 bits per heavy atom. The maximum Gasteiger partial charge on any atom is 0.0851 e. The van der Waals surface area contributed by atoms with E-state index in [1.807, 2.05) is 6.08 Å². The summed E-state index contributed by atoms with van der Waals surface area (Å²) in [6.45, 7) is 7.73. The average molecular weight is 166 g/mol. The summed E-state index contributed by atoms with van der Waals surface area (Å²) in [6, 6.07) is 0. The number of allylic oxidation sites excluding steroid dienone is 1. The fraction of sp³-hybridized carbons (Fsp3) is 0.636. The van der Waals surface area contributed by atoms with Crippen molar-refractivity contribution in [2.24, 2.45) is 5.92 Å². The van der Waals surface area contributed by atoms with E-state index >= 15 is 0 Å². The number of hydrogen-bond donors (Lipinski definition) is 1. The highest BCUT2D eigenvalue weighted by atomic mass is 16.3. The molecule has 0 amide bonds. The number of rotatable bonds is 3. The van der Waals surface area contributed by atoms with Crippen molar-refractivity contribution < 1.29 is 5.11 Å². The summed E-state index contributed by atoms with van der Waals surface area (Å²) < 4.78 is 0. The maximum atomic E-state index is 9.25. The van der Waals surface area contributed by atoms with Crippen LogP contribution in [0.25, 0.3) is 0 Å². The summed E-state index contributed by atoms with van der Waals surface area (Å²) in [6.07, 6.45) is 4.55. The minimum absolute atomic E-state index is 0.654. The third kappa shape index (κ3) is 9.26. The Hall–Kier alpha value is -0.740. The first-order valence-corrected chi connectivity index (χ1v) is 4.31. The molecule has 0 saturated heterocycles. The van der Waals surface area contributed by atoms with Gasteiger partial charge in [-0.3, -0.25) is 0 Å². The van der Waals surface area contributed by atoms with Gasteiger partial charge in [0.05, 0.1) is 5.60 Å². The minimum atomic E-state index is -0.779. The lowest BCUT2D eigenvalue weighted by Gasteiger charge is -2.06. The van der Waals surface area contributed by atoms with Crippen LogP contribution in [-0.2, 0) is 0 Å². The summed E-state index contributed by atoms with van der Waals surface area (Å²) in [5.74, 6) is 0.654. The first-order valence-electron chi connectivity index (χ1n) is 4.31. The first kappa shape index (κ1) is 11.3. The summed E-state index contributed by atoms with van der Waals surface area (Å²) in [5, 5.41) is 9.25. The summed E-state index contributed by atoms with van der Waals surface area (Å²) in [7, 11) is 0.